The van der Waals surface area contributed by atoms with Crippen LogP contribution in [0.4, 0.5) is 17.1 Å². The first-order valence-corrected chi connectivity index (χ1v) is 12.2. The zero-order valence-electron chi connectivity index (χ0n) is 19.6. The molecule has 6 aromatic carbocycles. The second kappa shape index (κ2) is 8.44. The van der Waals surface area contributed by atoms with Gasteiger partial charge in [-0.25, -0.2) is 0 Å². The van der Waals surface area contributed by atoms with Gasteiger partial charge >= 0.3 is 0 Å². The molecule has 0 bridgehead atoms. The second-order valence-corrected chi connectivity index (χ2v) is 9.06. The topological polar surface area (TPSA) is 16.4 Å². The van der Waals surface area contributed by atoms with Crippen molar-refractivity contribution in [2.24, 2.45) is 0 Å². The van der Waals surface area contributed by atoms with Crippen LogP contribution in [0.3, 0.4) is 0 Å². The highest BCUT2D eigenvalue weighted by Gasteiger charge is 2.19. The monoisotopic (exact) mass is 461 g/mol. The maximum atomic E-state index is 6.33. The van der Waals surface area contributed by atoms with Gasteiger partial charge in [-0.1, -0.05) is 91.0 Å². The van der Waals surface area contributed by atoms with Gasteiger partial charge in [0.25, 0.3) is 0 Å². The number of hydrogen-bond donors (Lipinski definition) is 0. The number of nitrogens with zero attached hydrogens (tertiary/aromatic N) is 1. The minimum Gasteiger partial charge on any atom is -0.456 e. The van der Waals surface area contributed by atoms with Crippen molar-refractivity contribution < 1.29 is 4.42 Å². The largest absolute Gasteiger partial charge is 0.456 e. The summed E-state index contributed by atoms with van der Waals surface area (Å²) >= 11 is 0. The van der Waals surface area contributed by atoms with Crippen LogP contribution in [-0.2, 0) is 0 Å². The van der Waals surface area contributed by atoms with E-state index in [1.807, 2.05) is 18.2 Å². The summed E-state index contributed by atoms with van der Waals surface area (Å²) in [4.78, 5) is 2.33. The number of para-hydroxylation sites is 2. The summed E-state index contributed by atoms with van der Waals surface area (Å²) in [7, 11) is 0. The predicted molar refractivity (Wildman–Crippen MR) is 151 cm³/mol. The number of rotatable bonds is 4. The molecular formula is C34H23NO. The molecule has 0 radical (unpaired) electrons. The third-order valence-corrected chi connectivity index (χ3v) is 6.82. The number of furan rings is 1. The molecule has 0 N–H and O–H groups in total. The highest BCUT2D eigenvalue weighted by Crippen LogP contribution is 2.43. The lowest BCUT2D eigenvalue weighted by Gasteiger charge is -2.28. The van der Waals surface area contributed by atoms with Crippen LogP contribution < -0.4 is 4.90 Å². The van der Waals surface area contributed by atoms with Gasteiger partial charge in [0.1, 0.15) is 11.3 Å². The molecule has 170 valence electrons. The van der Waals surface area contributed by atoms with Crippen molar-refractivity contribution in [3.63, 3.8) is 0 Å². The van der Waals surface area contributed by atoms with Gasteiger partial charge in [-0.15, -0.1) is 0 Å². The Morgan fingerprint density at radius 3 is 1.58 bits per heavy atom. The first kappa shape index (κ1) is 20.5. The maximum absolute atomic E-state index is 6.33. The van der Waals surface area contributed by atoms with Gasteiger partial charge in [-0.05, 0) is 70.1 Å². The van der Waals surface area contributed by atoms with Crippen molar-refractivity contribution in [3.8, 4) is 11.3 Å². The number of anilines is 3. The number of hydrogen-bond acceptors (Lipinski definition) is 2. The Balaban J connectivity index is 1.48. The van der Waals surface area contributed by atoms with Gasteiger partial charge in [0.05, 0.1) is 5.69 Å². The van der Waals surface area contributed by atoms with Crippen molar-refractivity contribution in [2.75, 3.05) is 4.90 Å². The first-order chi connectivity index (χ1) is 17.8. The molecule has 1 aromatic heterocycles. The fraction of sp³-hybridized carbons (Fsp3) is 0. The minimum absolute atomic E-state index is 0.860. The molecule has 7 aromatic rings. The summed E-state index contributed by atoms with van der Waals surface area (Å²) in [5.74, 6) is 0.860. The molecule has 1 heterocycles. The van der Waals surface area contributed by atoms with E-state index in [-0.39, 0.29) is 0 Å². The molecule has 0 saturated carbocycles. The van der Waals surface area contributed by atoms with E-state index in [2.05, 4.69) is 126 Å². The Kier molecular flexibility index (Phi) is 4.82. The molecule has 7 rings (SSSR count). The van der Waals surface area contributed by atoms with Gasteiger partial charge in [-0.2, -0.15) is 0 Å². The Morgan fingerprint density at radius 1 is 0.417 bits per heavy atom. The number of benzene rings is 6. The van der Waals surface area contributed by atoms with Crippen molar-refractivity contribution in [1.29, 1.82) is 0 Å². The third kappa shape index (κ3) is 3.52. The molecule has 0 aliphatic heterocycles. The molecule has 0 saturated heterocycles. The van der Waals surface area contributed by atoms with E-state index in [9.17, 15) is 0 Å². The summed E-state index contributed by atoms with van der Waals surface area (Å²) in [6.45, 7) is 0. The van der Waals surface area contributed by atoms with Gasteiger partial charge in [0.15, 0.2) is 0 Å². The van der Waals surface area contributed by atoms with E-state index < -0.39 is 0 Å². The van der Waals surface area contributed by atoms with E-state index >= 15 is 0 Å². The fourth-order valence-electron chi connectivity index (χ4n) is 5.05. The zero-order valence-corrected chi connectivity index (χ0v) is 19.6. The van der Waals surface area contributed by atoms with Crippen LogP contribution in [0.15, 0.2) is 144 Å². The smallest absolute Gasteiger partial charge is 0.137 e. The minimum atomic E-state index is 0.860. The molecule has 2 nitrogen and oxygen atoms in total. The van der Waals surface area contributed by atoms with Crippen LogP contribution in [0.25, 0.3) is 43.8 Å². The summed E-state index contributed by atoms with van der Waals surface area (Å²) in [6, 6.07) is 49.1. The molecule has 0 atom stereocenters. The Labute approximate surface area is 209 Å². The molecule has 0 fully saturated rings. The van der Waals surface area contributed by atoms with E-state index in [1.165, 1.54) is 21.5 Å². The predicted octanol–water partition coefficient (Wildman–Crippen LogP) is 9.88. The standard InChI is InChI=1S/C34H23NO/c1-3-11-26-21-29(19-17-24(26)9-1)35(30-20-18-25-10-2-4-12-27(25)22-30)32-15-7-6-14-31(32)34-23-28-13-5-8-16-33(28)36-34/h1-23H. The molecule has 0 amide bonds. The van der Waals surface area contributed by atoms with E-state index in [0.29, 0.717) is 0 Å². The molecule has 0 spiro atoms. The van der Waals surface area contributed by atoms with Gasteiger partial charge in [-0.3, -0.25) is 0 Å². The van der Waals surface area contributed by atoms with Crippen molar-refractivity contribution in [3.05, 3.63) is 140 Å². The summed E-state index contributed by atoms with van der Waals surface area (Å²) in [5, 5.41) is 5.98. The zero-order chi connectivity index (χ0) is 23.9. The highest BCUT2D eigenvalue weighted by atomic mass is 16.3. The van der Waals surface area contributed by atoms with Crippen LogP contribution in [0.5, 0.6) is 0 Å². The highest BCUT2D eigenvalue weighted by molar-refractivity contribution is 5.96. The summed E-state index contributed by atoms with van der Waals surface area (Å²) < 4.78 is 6.33. The lowest BCUT2D eigenvalue weighted by Crippen LogP contribution is -2.11. The first-order valence-electron chi connectivity index (χ1n) is 12.2. The lowest BCUT2D eigenvalue weighted by atomic mass is 10.0. The Morgan fingerprint density at radius 2 is 0.944 bits per heavy atom. The van der Waals surface area contributed by atoms with Gasteiger partial charge < -0.3 is 9.32 Å². The number of fused-ring (bicyclic) bond motifs is 3. The van der Waals surface area contributed by atoms with Gasteiger partial charge in [0, 0.05) is 22.3 Å². The quantitative estimate of drug-likeness (QED) is 0.259. The van der Waals surface area contributed by atoms with Crippen molar-refractivity contribution in [2.45, 2.75) is 0 Å². The maximum Gasteiger partial charge on any atom is 0.137 e. The average Bonchev–Trinajstić information content (AvgIpc) is 3.38. The molecule has 2 heteroatoms. The molecule has 0 unspecified atom stereocenters. The van der Waals surface area contributed by atoms with Crippen LogP contribution >= 0.6 is 0 Å². The lowest BCUT2D eigenvalue weighted by molar-refractivity contribution is 0.631. The average molecular weight is 462 g/mol. The van der Waals surface area contributed by atoms with Crippen LogP contribution in [0.2, 0.25) is 0 Å². The normalized spacial score (nSPS) is 11.3. The van der Waals surface area contributed by atoms with Crippen LogP contribution in [-0.4, -0.2) is 0 Å². The van der Waals surface area contributed by atoms with Crippen molar-refractivity contribution >= 4 is 49.6 Å². The van der Waals surface area contributed by atoms with Crippen molar-refractivity contribution in [1.82, 2.24) is 0 Å². The third-order valence-electron chi connectivity index (χ3n) is 6.82. The second-order valence-electron chi connectivity index (χ2n) is 9.06. The Bertz CT molecular complexity index is 1750. The Hall–Kier alpha value is -4.82. The van der Waals surface area contributed by atoms with E-state index in [4.69, 9.17) is 4.42 Å². The van der Waals surface area contributed by atoms with Crippen LogP contribution in [0, 0.1) is 0 Å². The van der Waals surface area contributed by atoms with Crippen LogP contribution in [0.1, 0.15) is 0 Å². The summed E-state index contributed by atoms with van der Waals surface area (Å²) in [6.07, 6.45) is 0. The summed E-state index contributed by atoms with van der Waals surface area (Å²) in [5.41, 5.74) is 5.22. The SMILES string of the molecule is c1ccc(N(c2ccc3ccccc3c2)c2ccc3ccccc3c2)c(-c2cc3ccccc3o2)c1. The van der Waals surface area contributed by atoms with Gasteiger partial charge in [0.2, 0.25) is 0 Å². The molecule has 0 aliphatic rings. The molecule has 36 heavy (non-hydrogen) atoms. The molecular weight excluding hydrogens is 438 g/mol. The molecule has 0 aliphatic carbocycles. The fourth-order valence-corrected chi connectivity index (χ4v) is 5.05. The van der Waals surface area contributed by atoms with E-state index in [1.54, 1.807) is 0 Å². The van der Waals surface area contributed by atoms with E-state index in [0.717, 1.165) is 39.4 Å².